The Morgan fingerprint density at radius 3 is 2.67 bits per heavy atom. The standard InChI is InChI=1S/C15H19NO4S/c1-10-8-13(21-12(10)2-3-14(18)19)15(20)16-6-4-11(9-17)5-7-16/h2-3,8,11,17H,4-7,9H2,1H3,(H,18,19)/b3-2+. The van der Waals surface area contributed by atoms with Crippen molar-refractivity contribution in [2.24, 2.45) is 5.92 Å². The lowest BCUT2D eigenvalue weighted by Crippen LogP contribution is -2.38. The number of amides is 1. The number of likely N-dealkylation sites (tertiary alicyclic amines) is 1. The van der Waals surface area contributed by atoms with Crippen LogP contribution < -0.4 is 0 Å². The number of thiophene rings is 1. The Balaban J connectivity index is 2.06. The Morgan fingerprint density at radius 2 is 2.10 bits per heavy atom. The van der Waals surface area contributed by atoms with Crippen LogP contribution in [-0.2, 0) is 4.79 Å². The number of carbonyl (C=O) groups excluding carboxylic acids is 1. The van der Waals surface area contributed by atoms with E-state index < -0.39 is 5.97 Å². The molecule has 0 aromatic carbocycles. The molecule has 21 heavy (non-hydrogen) atoms. The van der Waals surface area contributed by atoms with E-state index >= 15 is 0 Å². The number of aliphatic hydroxyl groups is 1. The molecule has 0 saturated carbocycles. The molecule has 0 radical (unpaired) electrons. The molecule has 2 rings (SSSR count). The first-order valence-corrected chi connectivity index (χ1v) is 7.74. The van der Waals surface area contributed by atoms with Crippen molar-refractivity contribution in [3.8, 4) is 0 Å². The van der Waals surface area contributed by atoms with E-state index in [1.165, 1.54) is 17.4 Å². The minimum Gasteiger partial charge on any atom is -0.478 e. The average molecular weight is 309 g/mol. The second-order valence-corrected chi connectivity index (χ2v) is 6.33. The Morgan fingerprint density at radius 1 is 1.43 bits per heavy atom. The Hall–Kier alpha value is -1.66. The zero-order valence-electron chi connectivity index (χ0n) is 11.9. The summed E-state index contributed by atoms with van der Waals surface area (Å²) in [4.78, 5) is 26.2. The first-order chi connectivity index (χ1) is 10.0. The summed E-state index contributed by atoms with van der Waals surface area (Å²) < 4.78 is 0. The molecule has 1 aromatic rings. The van der Waals surface area contributed by atoms with Crippen molar-refractivity contribution in [2.45, 2.75) is 19.8 Å². The molecule has 1 aliphatic heterocycles. The fraction of sp³-hybridized carbons (Fsp3) is 0.467. The number of hydrogen-bond donors (Lipinski definition) is 2. The normalized spacial score (nSPS) is 16.6. The Kier molecular flexibility index (Phi) is 5.14. The number of aliphatic hydroxyl groups excluding tert-OH is 1. The zero-order valence-corrected chi connectivity index (χ0v) is 12.7. The molecule has 2 heterocycles. The predicted molar refractivity (Wildman–Crippen MR) is 81.4 cm³/mol. The second-order valence-electron chi connectivity index (χ2n) is 5.25. The maximum atomic E-state index is 12.4. The van der Waals surface area contributed by atoms with Gasteiger partial charge in [0.1, 0.15) is 0 Å². The molecule has 0 aliphatic carbocycles. The molecule has 2 N–H and O–H groups in total. The number of carbonyl (C=O) groups is 2. The van der Waals surface area contributed by atoms with Gasteiger partial charge in [-0.3, -0.25) is 4.79 Å². The van der Waals surface area contributed by atoms with Gasteiger partial charge in [0, 0.05) is 30.6 Å². The third-order valence-electron chi connectivity index (χ3n) is 3.70. The van der Waals surface area contributed by atoms with Crippen LogP contribution in [0.25, 0.3) is 6.08 Å². The minimum absolute atomic E-state index is 0.00513. The average Bonchev–Trinajstić information content (AvgIpc) is 2.85. The van der Waals surface area contributed by atoms with Crippen molar-refractivity contribution in [1.29, 1.82) is 0 Å². The number of piperidine rings is 1. The van der Waals surface area contributed by atoms with Gasteiger partial charge in [-0.1, -0.05) is 0 Å². The van der Waals surface area contributed by atoms with Crippen LogP contribution >= 0.6 is 11.3 Å². The smallest absolute Gasteiger partial charge is 0.328 e. The van der Waals surface area contributed by atoms with Crippen LogP contribution in [0.15, 0.2) is 12.1 Å². The predicted octanol–water partition coefficient (Wildman–Crippen LogP) is 2.00. The number of nitrogens with zero attached hydrogens (tertiary/aromatic N) is 1. The maximum absolute atomic E-state index is 12.4. The highest BCUT2D eigenvalue weighted by atomic mass is 32.1. The van der Waals surface area contributed by atoms with E-state index in [1.54, 1.807) is 0 Å². The second kappa shape index (κ2) is 6.87. The van der Waals surface area contributed by atoms with Crippen molar-refractivity contribution in [1.82, 2.24) is 4.90 Å². The summed E-state index contributed by atoms with van der Waals surface area (Å²) in [6.07, 6.45) is 4.27. The maximum Gasteiger partial charge on any atom is 0.328 e. The molecular weight excluding hydrogens is 290 g/mol. The summed E-state index contributed by atoms with van der Waals surface area (Å²) in [5.74, 6) is -0.704. The van der Waals surface area contributed by atoms with Crippen LogP contribution in [0.2, 0.25) is 0 Å². The zero-order chi connectivity index (χ0) is 15.4. The molecule has 1 fully saturated rings. The largest absolute Gasteiger partial charge is 0.478 e. The van der Waals surface area contributed by atoms with Crippen molar-refractivity contribution in [2.75, 3.05) is 19.7 Å². The molecule has 5 nitrogen and oxygen atoms in total. The van der Waals surface area contributed by atoms with E-state index in [0.29, 0.717) is 23.9 Å². The Bertz CT molecular complexity index is 556. The van der Waals surface area contributed by atoms with Crippen molar-refractivity contribution in [3.63, 3.8) is 0 Å². The van der Waals surface area contributed by atoms with Crippen molar-refractivity contribution < 1.29 is 19.8 Å². The first kappa shape index (κ1) is 15.7. The number of aliphatic carboxylic acids is 1. The van der Waals surface area contributed by atoms with Gasteiger partial charge in [0.05, 0.1) is 4.88 Å². The summed E-state index contributed by atoms with van der Waals surface area (Å²) in [6, 6.07) is 1.81. The molecule has 0 unspecified atom stereocenters. The third kappa shape index (κ3) is 3.92. The van der Waals surface area contributed by atoms with Gasteiger partial charge >= 0.3 is 5.97 Å². The lowest BCUT2D eigenvalue weighted by atomic mass is 9.98. The van der Waals surface area contributed by atoms with Gasteiger partial charge in [0.2, 0.25) is 0 Å². The fourth-order valence-corrected chi connectivity index (χ4v) is 3.43. The van der Waals surface area contributed by atoms with Gasteiger partial charge in [-0.2, -0.15) is 0 Å². The highest BCUT2D eigenvalue weighted by Gasteiger charge is 2.24. The van der Waals surface area contributed by atoms with Crippen LogP contribution in [0.1, 0.15) is 33.0 Å². The van der Waals surface area contributed by atoms with Gasteiger partial charge in [-0.25, -0.2) is 4.79 Å². The van der Waals surface area contributed by atoms with E-state index in [1.807, 2.05) is 17.9 Å². The highest BCUT2D eigenvalue weighted by Crippen LogP contribution is 2.26. The van der Waals surface area contributed by atoms with Crippen LogP contribution in [0, 0.1) is 12.8 Å². The Labute approximate surface area is 127 Å². The van der Waals surface area contributed by atoms with E-state index in [-0.39, 0.29) is 12.5 Å². The molecule has 1 amide bonds. The van der Waals surface area contributed by atoms with Gasteiger partial charge < -0.3 is 15.1 Å². The number of aryl methyl sites for hydroxylation is 1. The molecule has 1 saturated heterocycles. The molecule has 0 bridgehead atoms. The van der Waals surface area contributed by atoms with E-state index in [4.69, 9.17) is 10.2 Å². The lowest BCUT2D eigenvalue weighted by molar-refractivity contribution is -0.131. The van der Waals surface area contributed by atoms with Crippen LogP contribution in [0.5, 0.6) is 0 Å². The summed E-state index contributed by atoms with van der Waals surface area (Å²) in [5, 5.41) is 17.8. The number of carboxylic acid groups (broad SMARTS) is 1. The van der Waals surface area contributed by atoms with Crippen molar-refractivity contribution >= 4 is 29.3 Å². The summed E-state index contributed by atoms with van der Waals surface area (Å²) in [5.41, 5.74) is 0.908. The monoisotopic (exact) mass is 309 g/mol. The topological polar surface area (TPSA) is 77.8 Å². The molecule has 0 spiro atoms. The van der Waals surface area contributed by atoms with Crippen LogP contribution in [0.4, 0.5) is 0 Å². The van der Waals surface area contributed by atoms with E-state index in [9.17, 15) is 9.59 Å². The molecule has 1 aromatic heterocycles. The molecule has 6 heteroatoms. The summed E-state index contributed by atoms with van der Waals surface area (Å²) >= 11 is 1.32. The number of carboxylic acids is 1. The molecule has 114 valence electrons. The molecule has 0 atom stereocenters. The fourth-order valence-electron chi connectivity index (χ4n) is 2.39. The van der Waals surface area contributed by atoms with Gasteiger partial charge in [-0.05, 0) is 43.4 Å². The van der Waals surface area contributed by atoms with Gasteiger partial charge in [-0.15, -0.1) is 11.3 Å². The molecular formula is C15H19NO4S. The number of hydrogen-bond acceptors (Lipinski definition) is 4. The highest BCUT2D eigenvalue weighted by molar-refractivity contribution is 7.15. The summed E-state index contributed by atoms with van der Waals surface area (Å²) in [6.45, 7) is 3.39. The SMILES string of the molecule is Cc1cc(C(=O)N2CCC(CO)CC2)sc1/C=C/C(=O)O. The van der Waals surface area contributed by atoms with Crippen LogP contribution in [-0.4, -0.2) is 46.7 Å². The van der Waals surface area contributed by atoms with Gasteiger partial charge in [0.25, 0.3) is 5.91 Å². The van der Waals surface area contributed by atoms with Crippen molar-refractivity contribution in [3.05, 3.63) is 27.5 Å². The minimum atomic E-state index is -0.998. The van der Waals surface area contributed by atoms with Crippen LogP contribution in [0.3, 0.4) is 0 Å². The first-order valence-electron chi connectivity index (χ1n) is 6.93. The molecule has 1 aliphatic rings. The summed E-state index contributed by atoms with van der Waals surface area (Å²) in [7, 11) is 0. The van der Waals surface area contributed by atoms with E-state index in [2.05, 4.69) is 0 Å². The number of rotatable bonds is 4. The van der Waals surface area contributed by atoms with Gasteiger partial charge in [0.15, 0.2) is 0 Å². The van der Waals surface area contributed by atoms with E-state index in [0.717, 1.165) is 29.4 Å². The third-order valence-corrected chi connectivity index (χ3v) is 4.89. The lowest BCUT2D eigenvalue weighted by Gasteiger charge is -2.30. The quantitative estimate of drug-likeness (QED) is 0.834.